The summed E-state index contributed by atoms with van der Waals surface area (Å²) in [7, 11) is 0. The number of likely N-dealkylation sites (tertiary alicyclic amines) is 2. The van der Waals surface area contributed by atoms with Crippen LogP contribution >= 0.6 is 0 Å². The fourth-order valence-electron chi connectivity index (χ4n) is 4.20. The van der Waals surface area contributed by atoms with Crippen LogP contribution in [0.25, 0.3) is 0 Å². The van der Waals surface area contributed by atoms with Crippen molar-refractivity contribution in [1.82, 2.24) is 15.1 Å². The van der Waals surface area contributed by atoms with Crippen molar-refractivity contribution in [3.8, 4) is 11.5 Å². The average molecular weight is 432 g/mol. The predicted octanol–water partition coefficient (Wildman–Crippen LogP) is 1.86. The van der Waals surface area contributed by atoms with Crippen LogP contribution in [0, 0.1) is 11.8 Å². The Morgan fingerprint density at radius 2 is 1.74 bits per heavy atom. The van der Waals surface area contributed by atoms with Gasteiger partial charge in [-0.25, -0.2) is 9.59 Å². The number of fused-ring (bicyclic) bond motifs is 2. The topological polar surface area (TPSA) is 109 Å². The van der Waals surface area contributed by atoms with E-state index >= 15 is 0 Å². The van der Waals surface area contributed by atoms with Gasteiger partial charge < -0.3 is 24.4 Å². The molecule has 0 saturated carbocycles. The number of nitrogens with one attached hydrogen (secondary N) is 2. The Hall–Kier alpha value is -3.01. The van der Waals surface area contributed by atoms with Gasteiger partial charge in [-0.2, -0.15) is 0 Å². The number of hydrogen-bond donors (Lipinski definition) is 2. The molecule has 168 valence electrons. The van der Waals surface area contributed by atoms with Crippen LogP contribution < -0.4 is 20.1 Å². The van der Waals surface area contributed by atoms with Crippen molar-refractivity contribution in [3.05, 3.63) is 18.2 Å². The van der Waals surface area contributed by atoms with Gasteiger partial charge in [0, 0.05) is 37.9 Å². The fourth-order valence-corrected chi connectivity index (χ4v) is 4.20. The first kappa shape index (κ1) is 21.2. The Labute approximate surface area is 180 Å². The van der Waals surface area contributed by atoms with E-state index in [4.69, 9.17) is 14.2 Å². The second kappa shape index (κ2) is 8.26. The monoisotopic (exact) mass is 432 g/mol. The SMILES string of the molecule is CC(C)(C)OC(=O)N1C[C@H]2CN(CC(=O)NC(=O)Nc3ccc4c(c3)OCO4)C[C@H]2C1. The zero-order valence-electron chi connectivity index (χ0n) is 18.0. The minimum absolute atomic E-state index is 0.133. The van der Waals surface area contributed by atoms with E-state index in [1.54, 1.807) is 23.1 Å². The number of benzene rings is 1. The molecule has 31 heavy (non-hydrogen) atoms. The summed E-state index contributed by atoms with van der Waals surface area (Å²) in [6.07, 6.45) is -0.286. The summed E-state index contributed by atoms with van der Waals surface area (Å²) in [6.45, 7) is 8.51. The second-order valence-electron chi connectivity index (χ2n) is 9.17. The highest BCUT2D eigenvalue weighted by atomic mass is 16.7. The van der Waals surface area contributed by atoms with Gasteiger partial charge in [0.15, 0.2) is 11.5 Å². The maximum Gasteiger partial charge on any atom is 0.410 e. The fraction of sp³-hybridized carbons (Fsp3) is 0.571. The molecule has 1 aromatic rings. The minimum atomic E-state index is -0.598. The van der Waals surface area contributed by atoms with Crippen molar-refractivity contribution in [2.75, 3.05) is 44.8 Å². The van der Waals surface area contributed by atoms with E-state index < -0.39 is 11.6 Å². The van der Waals surface area contributed by atoms with E-state index in [9.17, 15) is 14.4 Å². The first-order valence-electron chi connectivity index (χ1n) is 10.4. The molecule has 3 aliphatic heterocycles. The van der Waals surface area contributed by atoms with Crippen molar-refractivity contribution in [2.45, 2.75) is 26.4 Å². The van der Waals surface area contributed by atoms with E-state index in [2.05, 4.69) is 10.6 Å². The molecule has 0 spiro atoms. The molecule has 2 saturated heterocycles. The Balaban J connectivity index is 1.20. The van der Waals surface area contributed by atoms with Gasteiger partial charge in [-0.3, -0.25) is 15.0 Å². The summed E-state index contributed by atoms with van der Waals surface area (Å²) in [5.74, 6) is 1.41. The molecule has 0 bridgehead atoms. The number of imide groups is 1. The van der Waals surface area contributed by atoms with Crippen LogP contribution in [-0.4, -0.2) is 72.9 Å². The number of rotatable bonds is 3. The lowest BCUT2D eigenvalue weighted by molar-refractivity contribution is -0.120. The van der Waals surface area contributed by atoms with Crippen LogP contribution in [0.5, 0.6) is 11.5 Å². The van der Waals surface area contributed by atoms with Gasteiger partial charge in [0.05, 0.1) is 6.54 Å². The third kappa shape index (κ3) is 5.19. The quantitative estimate of drug-likeness (QED) is 0.750. The number of urea groups is 1. The molecular weight excluding hydrogens is 404 g/mol. The molecule has 2 atom stereocenters. The first-order valence-corrected chi connectivity index (χ1v) is 10.4. The first-order chi connectivity index (χ1) is 14.7. The predicted molar refractivity (Wildman–Crippen MR) is 111 cm³/mol. The second-order valence-corrected chi connectivity index (χ2v) is 9.17. The lowest BCUT2D eigenvalue weighted by atomic mass is 10.0. The van der Waals surface area contributed by atoms with Crippen LogP contribution in [0.1, 0.15) is 20.8 Å². The number of anilines is 1. The molecule has 2 N–H and O–H groups in total. The number of carbonyl (C=O) groups is 3. The number of amides is 4. The molecule has 3 aliphatic rings. The molecule has 0 unspecified atom stereocenters. The Kier molecular flexibility index (Phi) is 5.65. The van der Waals surface area contributed by atoms with Gasteiger partial charge in [-0.05, 0) is 44.7 Å². The average Bonchev–Trinajstić information content (AvgIpc) is 3.33. The van der Waals surface area contributed by atoms with Crippen LogP contribution in [0.3, 0.4) is 0 Å². The minimum Gasteiger partial charge on any atom is -0.454 e. The van der Waals surface area contributed by atoms with Crippen molar-refractivity contribution in [2.24, 2.45) is 11.8 Å². The highest BCUT2D eigenvalue weighted by Crippen LogP contribution is 2.34. The molecule has 3 heterocycles. The van der Waals surface area contributed by atoms with Crippen molar-refractivity contribution >= 4 is 23.7 Å². The van der Waals surface area contributed by atoms with Gasteiger partial charge in [0.2, 0.25) is 12.7 Å². The maximum absolute atomic E-state index is 12.3. The molecule has 10 heteroatoms. The number of carbonyl (C=O) groups excluding carboxylic acids is 3. The van der Waals surface area contributed by atoms with Gasteiger partial charge >= 0.3 is 12.1 Å². The highest BCUT2D eigenvalue weighted by Gasteiger charge is 2.43. The molecule has 10 nitrogen and oxygen atoms in total. The number of nitrogens with zero attached hydrogens (tertiary/aromatic N) is 2. The van der Waals surface area contributed by atoms with Gasteiger partial charge in [-0.15, -0.1) is 0 Å². The van der Waals surface area contributed by atoms with Gasteiger partial charge in [0.25, 0.3) is 0 Å². The lowest BCUT2D eigenvalue weighted by Crippen LogP contribution is -2.42. The van der Waals surface area contributed by atoms with E-state index in [1.165, 1.54) is 0 Å². The Bertz CT molecular complexity index is 869. The smallest absolute Gasteiger partial charge is 0.410 e. The van der Waals surface area contributed by atoms with Crippen molar-refractivity contribution in [1.29, 1.82) is 0 Å². The van der Waals surface area contributed by atoms with Crippen LogP contribution in [0.15, 0.2) is 18.2 Å². The number of hydrogen-bond acceptors (Lipinski definition) is 7. The van der Waals surface area contributed by atoms with Crippen molar-refractivity contribution in [3.63, 3.8) is 0 Å². The summed E-state index contributed by atoms with van der Waals surface area (Å²) < 4.78 is 15.9. The normalized spacial score (nSPS) is 22.2. The molecule has 1 aromatic carbocycles. The standard InChI is InChI=1S/C21H28N4O6/c1-21(2,3)31-20(28)25-9-13-7-24(8-14(13)10-25)11-18(26)23-19(27)22-15-4-5-16-17(6-15)30-12-29-16/h4-6,13-14H,7-12H2,1-3H3,(H2,22,23,26,27)/t13-,14+. The summed E-state index contributed by atoms with van der Waals surface area (Å²) in [6, 6.07) is 4.42. The summed E-state index contributed by atoms with van der Waals surface area (Å²) in [4.78, 5) is 40.4. The molecule has 4 rings (SSSR count). The molecule has 0 aliphatic carbocycles. The number of ether oxygens (including phenoxy) is 3. The molecule has 2 fully saturated rings. The third-order valence-corrected chi connectivity index (χ3v) is 5.46. The molecule has 4 amide bonds. The van der Waals surface area contributed by atoms with Crippen molar-refractivity contribution < 1.29 is 28.6 Å². The summed E-state index contributed by atoms with van der Waals surface area (Å²) >= 11 is 0. The zero-order valence-corrected chi connectivity index (χ0v) is 18.0. The van der Waals surface area contributed by atoms with Gasteiger partial charge in [0.1, 0.15) is 5.60 Å². The maximum atomic E-state index is 12.3. The van der Waals surface area contributed by atoms with Crippen LogP contribution in [0.4, 0.5) is 15.3 Å². The Morgan fingerprint density at radius 1 is 1.06 bits per heavy atom. The third-order valence-electron chi connectivity index (χ3n) is 5.46. The zero-order chi connectivity index (χ0) is 22.2. The molecule has 0 radical (unpaired) electrons. The molecule has 0 aromatic heterocycles. The van der Waals surface area contributed by atoms with Crippen LogP contribution in [0.2, 0.25) is 0 Å². The van der Waals surface area contributed by atoms with Gasteiger partial charge in [-0.1, -0.05) is 0 Å². The van der Waals surface area contributed by atoms with E-state index in [0.717, 1.165) is 0 Å². The van der Waals surface area contributed by atoms with Crippen LogP contribution in [-0.2, 0) is 9.53 Å². The summed E-state index contributed by atoms with van der Waals surface area (Å²) in [5, 5.41) is 4.98. The summed E-state index contributed by atoms with van der Waals surface area (Å²) in [5.41, 5.74) is -0.00688. The Morgan fingerprint density at radius 3 is 2.42 bits per heavy atom. The van der Waals surface area contributed by atoms with E-state index in [1.807, 2.05) is 25.7 Å². The van der Waals surface area contributed by atoms with E-state index in [-0.39, 0.29) is 25.3 Å². The lowest BCUT2D eigenvalue weighted by Gasteiger charge is -2.25. The highest BCUT2D eigenvalue weighted by molar-refractivity contribution is 6.01. The van der Waals surface area contributed by atoms with E-state index in [0.29, 0.717) is 55.2 Å². The molecular formula is C21H28N4O6. The largest absolute Gasteiger partial charge is 0.454 e.